The Balaban J connectivity index is 1.52. The van der Waals surface area contributed by atoms with Crippen molar-refractivity contribution in [2.24, 2.45) is 0 Å². The molecule has 0 bridgehead atoms. The predicted octanol–water partition coefficient (Wildman–Crippen LogP) is 1.32. The topological polar surface area (TPSA) is 48.2 Å². The Morgan fingerprint density at radius 1 is 1.12 bits per heavy atom. The summed E-state index contributed by atoms with van der Waals surface area (Å²) in [6.45, 7) is 6.07. The van der Waals surface area contributed by atoms with E-state index in [1.165, 1.54) is 4.90 Å². The molecule has 5 nitrogen and oxygen atoms in total. The first-order valence-electron chi connectivity index (χ1n) is 9.23. The summed E-state index contributed by atoms with van der Waals surface area (Å²) < 4.78 is 0. The molecule has 3 rings (SSSR count). The Kier molecular flexibility index (Phi) is 5.78. The van der Waals surface area contributed by atoms with E-state index in [1.807, 2.05) is 48.3 Å². The lowest BCUT2D eigenvalue weighted by Crippen LogP contribution is -3.15. The Hall–Kier alpha value is -2.53. The minimum atomic E-state index is 0.0747. The summed E-state index contributed by atoms with van der Waals surface area (Å²) in [4.78, 5) is 18.0. The molecule has 0 unspecified atom stereocenters. The molecule has 2 aromatic rings. The first-order valence-corrected chi connectivity index (χ1v) is 9.23. The highest BCUT2D eigenvalue weighted by molar-refractivity contribution is 5.77. The van der Waals surface area contributed by atoms with Crippen molar-refractivity contribution in [2.75, 3.05) is 44.7 Å². The Labute approximate surface area is 155 Å². The summed E-state index contributed by atoms with van der Waals surface area (Å²) in [5.74, 6) is 0.496. The standard InChI is InChI=1S/C21H27N3O2/c1-17(18-8-4-3-5-9-18)22(2)21(26)16-23-12-14-24(15-13-23)19-10-6-7-11-20(19)25/h3-11,17,25H,12-16H2,1-2H3/p+1/t17-/m0/s1. The molecule has 1 aliphatic rings. The zero-order valence-electron chi connectivity index (χ0n) is 15.6. The number of carbonyl (C=O) groups excluding carboxylic acids is 1. The number of carbonyl (C=O) groups is 1. The summed E-state index contributed by atoms with van der Waals surface area (Å²) in [7, 11) is 1.89. The molecule has 0 radical (unpaired) electrons. The number of para-hydroxylation sites is 2. The van der Waals surface area contributed by atoms with Crippen molar-refractivity contribution in [1.29, 1.82) is 0 Å². The fourth-order valence-electron chi connectivity index (χ4n) is 3.48. The Morgan fingerprint density at radius 2 is 1.73 bits per heavy atom. The molecule has 0 spiro atoms. The first-order chi connectivity index (χ1) is 12.6. The molecule has 0 saturated carbocycles. The van der Waals surface area contributed by atoms with E-state index in [9.17, 15) is 9.90 Å². The lowest BCUT2D eigenvalue weighted by molar-refractivity contribution is -0.892. The third-order valence-corrected chi connectivity index (χ3v) is 5.35. The number of quaternary nitrogens is 1. The molecular formula is C21H28N3O2+. The van der Waals surface area contributed by atoms with Crippen LogP contribution >= 0.6 is 0 Å². The fraction of sp³-hybridized carbons (Fsp3) is 0.381. The van der Waals surface area contributed by atoms with Crippen molar-refractivity contribution < 1.29 is 14.8 Å². The molecule has 5 heteroatoms. The number of nitrogens with one attached hydrogen (secondary N) is 1. The number of hydrogen-bond acceptors (Lipinski definition) is 3. The van der Waals surface area contributed by atoms with Gasteiger partial charge in [0.1, 0.15) is 5.75 Å². The van der Waals surface area contributed by atoms with Crippen LogP contribution in [0.4, 0.5) is 5.69 Å². The van der Waals surface area contributed by atoms with Crippen LogP contribution in [-0.4, -0.2) is 55.7 Å². The van der Waals surface area contributed by atoms with Crippen molar-refractivity contribution in [2.45, 2.75) is 13.0 Å². The zero-order chi connectivity index (χ0) is 18.5. The molecule has 1 fully saturated rings. The van der Waals surface area contributed by atoms with Crippen LogP contribution in [-0.2, 0) is 4.79 Å². The van der Waals surface area contributed by atoms with Crippen molar-refractivity contribution in [1.82, 2.24) is 4.90 Å². The Morgan fingerprint density at radius 3 is 2.38 bits per heavy atom. The molecule has 1 amide bonds. The molecule has 2 N–H and O–H groups in total. The lowest BCUT2D eigenvalue weighted by Gasteiger charge is -2.34. The van der Waals surface area contributed by atoms with Crippen LogP contribution < -0.4 is 9.80 Å². The van der Waals surface area contributed by atoms with Gasteiger partial charge in [-0.25, -0.2) is 0 Å². The second kappa shape index (κ2) is 8.23. The highest BCUT2D eigenvalue weighted by atomic mass is 16.3. The number of phenolic OH excluding ortho intramolecular Hbond substituents is 1. The SMILES string of the molecule is C[C@@H](c1ccccc1)N(C)C(=O)C[NH+]1CCN(c2ccccc2O)CC1. The molecule has 0 aliphatic carbocycles. The van der Waals surface area contributed by atoms with Gasteiger partial charge in [-0.15, -0.1) is 0 Å². The van der Waals surface area contributed by atoms with Gasteiger partial charge >= 0.3 is 0 Å². The number of nitrogens with zero attached hydrogens (tertiary/aromatic N) is 2. The number of benzene rings is 2. The largest absolute Gasteiger partial charge is 0.506 e. The van der Waals surface area contributed by atoms with Gasteiger partial charge in [0.2, 0.25) is 0 Å². The smallest absolute Gasteiger partial charge is 0.278 e. The van der Waals surface area contributed by atoms with Gasteiger partial charge in [-0.2, -0.15) is 0 Å². The van der Waals surface area contributed by atoms with Crippen LogP contribution in [0.15, 0.2) is 54.6 Å². The quantitative estimate of drug-likeness (QED) is 0.851. The number of hydrogen-bond donors (Lipinski definition) is 2. The second-order valence-corrected chi connectivity index (χ2v) is 6.99. The van der Waals surface area contributed by atoms with Gasteiger partial charge in [0.05, 0.1) is 37.9 Å². The summed E-state index contributed by atoms with van der Waals surface area (Å²) in [5, 5.41) is 10.0. The molecular weight excluding hydrogens is 326 g/mol. The highest BCUT2D eigenvalue weighted by Gasteiger charge is 2.26. The lowest BCUT2D eigenvalue weighted by atomic mass is 10.1. The monoisotopic (exact) mass is 354 g/mol. The van der Waals surface area contributed by atoms with E-state index in [0.29, 0.717) is 12.3 Å². The van der Waals surface area contributed by atoms with Crippen LogP contribution in [0.1, 0.15) is 18.5 Å². The average molecular weight is 354 g/mol. The fourth-order valence-corrected chi connectivity index (χ4v) is 3.48. The molecule has 26 heavy (non-hydrogen) atoms. The molecule has 138 valence electrons. The predicted molar refractivity (Wildman–Crippen MR) is 104 cm³/mol. The third-order valence-electron chi connectivity index (χ3n) is 5.35. The molecule has 1 aliphatic heterocycles. The van der Waals surface area contributed by atoms with Gasteiger partial charge in [-0.1, -0.05) is 42.5 Å². The van der Waals surface area contributed by atoms with E-state index in [1.54, 1.807) is 6.07 Å². The van der Waals surface area contributed by atoms with Gasteiger partial charge in [-0.05, 0) is 24.6 Å². The maximum Gasteiger partial charge on any atom is 0.278 e. The maximum atomic E-state index is 12.7. The van der Waals surface area contributed by atoms with E-state index in [2.05, 4.69) is 24.0 Å². The van der Waals surface area contributed by atoms with Crippen LogP contribution in [0.25, 0.3) is 0 Å². The minimum Gasteiger partial charge on any atom is -0.506 e. The van der Waals surface area contributed by atoms with Crippen LogP contribution in [0.5, 0.6) is 5.75 Å². The Bertz CT molecular complexity index is 727. The number of piperazine rings is 1. The van der Waals surface area contributed by atoms with Crippen molar-refractivity contribution in [3.05, 3.63) is 60.2 Å². The van der Waals surface area contributed by atoms with Crippen LogP contribution in [0, 0.1) is 0 Å². The summed E-state index contributed by atoms with van der Waals surface area (Å²) >= 11 is 0. The van der Waals surface area contributed by atoms with Gasteiger partial charge in [0, 0.05) is 7.05 Å². The van der Waals surface area contributed by atoms with Crippen molar-refractivity contribution >= 4 is 11.6 Å². The van der Waals surface area contributed by atoms with E-state index in [0.717, 1.165) is 37.4 Å². The normalized spacial score (nSPS) is 16.3. The number of likely N-dealkylation sites (N-methyl/N-ethyl adjacent to an activating group) is 1. The van der Waals surface area contributed by atoms with Gasteiger partial charge in [-0.3, -0.25) is 4.79 Å². The molecule has 1 heterocycles. The number of aromatic hydroxyl groups is 1. The summed E-state index contributed by atoms with van der Waals surface area (Å²) in [6.07, 6.45) is 0. The summed E-state index contributed by atoms with van der Waals surface area (Å²) in [5.41, 5.74) is 2.04. The summed E-state index contributed by atoms with van der Waals surface area (Å²) in [6, 6.07) is 17.6. The minimum absolute atomic E-state index is 0.0747. The first kappa shape index (κ1) is 18.3. The maximum absolute atomic E-state index is 12.7. The van der Waals surface area contributed by atoms with Gasteiger partial charge in [0.15, 0.2) is 6.54 Å². The van der Waals surface area contributed by atoms with E-state index in [4.69, 9.17) is 0 Å². The van der Waals surface area contributed by atoms with E-state index in [-0.39, 0.29) is 11.9 Å². The van der Waals surface area contributed by atoms with E-state index >= 15 is 0 Å². The van der Waals surface area contributed by atoms with Crippen LogP contribution in [0.2, 0.25) is 0 Å². The zero-order valence-corrected chi connectivity index (χ0v) is 15.6. The molecule has 1 saturated heterocycles. The highest BCUT2D eigenvalue weighted by Crippen LogP contribution is 2.26. The van der Waals surface area contributed by atoms with Gasteiger partial charge < -0.3 is 19.8 Å². The second-order valence-electron chi connectivity index (χ2n) is 6.99. The average Bonchev–Trinajstić information content (AvgIpc) is 2.68. The van der Waals surface area contributed by atoms with Crippen LogP contribution in [0.3, 0.4) is 0 Å². The third kappa shape index (κ3) is 4.17. The van der Waals surface area contributed by atoms with Crippen molar-refractivity contribution in [3.8, 4) is 5.75 Å². The van der Waals surface area contributed by atoms with Gasteiger partial charge in [0.25, 0.3) is 5.91 Å². The molecule has 1 atom stereocenters. The number of rotatable bonds is 5. The molecule has 2 aromatic carbocycles. The molecule has 0 aromatic heterocycles. The number of amides is 1. The van der Waals surface area contributed by atoms with Crippen molar-refractivity contribution in [3.63, 3.8) is 0 Å². The number of phenols is 1. The van der Waals surface area contributed by atoms with E-state index < -0.39 is 0 Å². The number of anilines is 1.